The van der Waals surface area contributed by atoms with E-state index in [2.05, 4.69) is 59.3 Å². The van der Waals surface area contributed by atoms with Gasteiger partial charge in [-0.25, -0.2) is 0 Å². The summed E-state index contributed by atoms with van der Waals surface area (Å²) < 4.78 is 0. The number of carbonyl (C=O) groups excluding carboxylic acids is 6. The molecule has 0 bridgehead atoms. The van der Waals surface area contributed by atoms with Crippen molar-refractivity contribution < 1.29 is 28.8 Å². The summed E-state index contributed by atoms with van der Waals surface area (Å²) in [5.41, 5.74) is 4.40. The van der Waals surface area contributed by atoms with E-state index < -0.39 is 58.9 Å². The molecule has 1 aromatic heterocycles. The number of nitrogens with one attached hydrogen (secondary N) is 6. The first-order valence-electron chi connectivity index (χ1n) is 25.6. The minimum atomic E-state index is -0.975. The monoisotopic (exact) mass is 986 g/mol. The molecule has 0 spiro atoms. The Kier molecular flexibility index (Phi) is 16.7. The van der Waals surface area contributed by atoms with Crippen molar-refractivity contribution in [3.8, 4) is 0 Å². The van der Waals surface area contributed by atoms with E-state index in [0.29, 0.717) is 12.8 Å². The topological polar surface area (TPSA) is 224 Å². The molecule has 0 saturated carbocycles. The molecule has 3 aromatic carbocycles. The molecule has 17 nitrogen and oxygen atoms in total. The third-order valence-corrected chi connectivity index (χ3v) is 14.9. The molecule has 1 aliphatic carbocycles. The molecule has 3 heterocycles. The summed E-state index contributed by atoms with van der Waals surface area (Å²) in [5, 5.41) is 30.2. The summed E-state index contributed by atoms with van der Waals surface area (Å²) in [7, 11) is 1.67. The molecular formula is C55H75N11O6. The first kappa shape index (κ1) is 53.3. The molecule has 2 aliphatic heterocycles. The second-order valence-electron chi connectivity index (χ2n) is 22.3. The summed E-state index contributed by atoms with van der Waals surface area (Å²) >= 11 is 0. The Hall–Kier alpha value is -6.49. The second kappa shape index (κ2) is 22.5. The molecule has 17 heteroatoms. The number of hydrogen-bond acceptors (Lipinski definition) is 10. The van der Waals surface area contributed by atoms with E-state index in [-0.39, 0.29) is 73.3 Å². The first-order chi connectivity index (χ1) is 34.2. The maximum atomic E-state index is 15.1. The molecular weight excluding hydrogens is 911 g/mol. The van der Waals surface area contributed by atoms with Crippen LogP contribution in [0.15, 0.2) is 72.8 Å². The fourth-order valence-corrected chi connectivity index (χ4v) is 10.2. The summed E-state index contributed by atoms with van der Waals surface area (Å²) in [6.45, 7) is 17.1. The maximum absolute atomic E-state index is 15.1. The minimum Gasteiger partial charge on any atom is -0.347 e. The fraction of sp³-hybridized carbons (Fsp3) is 0.545. The van der Waals surface area contributed by atoms with E-state index in [1.165, 1.54) is 5.56 Å². The standard InChI is InChI=1S/C55H75N11O6/c1-11-32(2)48(67)59-45(54(4,5)6)52(71)65-30-38-27-36(24-25-37(38)28-43(65)50(69)57-41-23-17-21-35-20-15-16-22-40(35)41)39-29-44(66(31-39)53(72)46(55(7,8)9)60-49(68)33(3)56-10)51(70)58-42(47-61-63-64-62-47)26-34-18-13-12-14-19-34/h12-16,18-20,22,24-25,27,32-33,39,41-46,56H,11,17,21,23,26,28-31H2,1-10H3,(H,57,69)(H,58,70)(H,59,67)(H,60,68)(H,61,62,63,64)/t32-,33+,39?,41?,42?,43+,44+,45-,46-/m1/s1. The number of carbonyl (C=O) groups is 6. The quantitative estimate of drug-likeness (QED) is 0.0867. The van der Waals surface area contributed by atoms with Crippen molar-refractivity contribution in [2.24, 2.45) is 16.7 Å². The highest BCUT2D eigenvalue weighted by atomic mass is 16.2. The number of amides is 6. The van der Waals surface area contributed by atoms with Crippen LogP contribution in [0, 0.1) is 16.7 Å². The molecule has 7 rings (SSSR count). The Morgan fingerprint density at radius 1 is 0.764 bits per heavy atom. The smallest absolute Gasteiger partial charge is 0.246 e. The lowest BCUT2D eigenvalue weighted by Gasteiger charge is -2.42. The number of aryl methyl sites for hydroxylation is 1. The lowest BCUT2D eigenvalue weighted by atomic mass is 9.83. The zero-order valence-corrected chi connectivity index (χ0v) is 43.7. The Morgan fingerprint density at radius 2 is 1.43 bits per heavy atom. The summed E-state index contributed by atoms with van der Waals surface area (Å²) in [6, 6.07) is 18.7. The van der Waals surface area contributed by atoms with E-state index in [0.717, 1.165) is 47.1 Å². The molecule has 3 unspecified atom stereocenters. The third-order valence-electron chi connectivity index (χ3n) is 14.9. The van der Waals surface area contributed by atoms with Crippen LogP contribution in [0.2, 0.25) is 0 Å². The lowest BCUT2D eigenvalue weighted by Crippen LogP contribution is -2.61. The van der Waals surface area contributed by atoms with E-state index >= 15 is 9.59 Å². The molecule has 1 fully saturated rings. The molecule has 1 saturated heterocycles. The highest BCUT2D eigenvalue weighted by Gasteiger charge is 2.47. The molecule has 9 atom stereocenters. The Morgan fingerprint density at radius 3 is 2.08 bits per heavy atom. The molecule has 0 radical (unpaired) electrons. The van der Waals surface area contributed by atoms with Crippen LogP contribution in [-0.2, 0) is 54.6 Å². The van der Waals surface area contributed by atoms with Gasteiger partial charge in [-0.05, 0) is 90.3 Å². The molecule has 6 amide bonds. The van der Waals surface area contributed by atoms with Crippen molar-refractivity contribution in [1.82, 2.24) is 57.0 Å². The van der Waals surface area contributed by atoms with Gasteiger partial charge in [0.15, 0.2) is 5.82 Å². The zero-order valence-electron chi connectivity index (χ0n) is 43.7. The van der Waals surface area contributed by atoms with Gasteiger partial charge in [-0.15, -0.1) is 10.2 Å². The Bertz CT molecular complexity index is 2570. The van der Waals surface area contributed by atoms with Crippen molar-refractivity contribution in [1.29, 1.82) is 0 Å². The SMILES string of the molecule is CC[C@@H](C)C(=O)N[C@H](C(=O)N1Cc2cc(C3C[C@@H](C(=O)NC(Cc4ccccc4)c4nn[nH]n4)N(C(=O)[C@@H](NC(=O)[C@H](C)NC)C(C)(C)C)C3)ccc2C[C@H]1C(=O)NC1CCCc2ccccc21)C(C)(C)C. The van der Waals surface area contributed by atoms with Gasteiger partial charge in [-0.2, -0.15) is 5.21 Å². The predicted octanol–water partition coefficient (Wildman–Crippen LogP) is 5.15. The van der Waals surface area contributed by atoms with Gasteiger partial charge in [0.25, 0.3) is 0 Å². The van der Waals surface area contributed by atoms with Gasteiger partial charge in [0.1, 0.15) is 24.2 Å². The van der Waals surface area contributed by atoms with Gasteiger partial charge in [-0.1, -0.05) is 133 Å². The zero-order chi connectivity index (χ0) is 52.1. The molecule has 3 aliphatic rings. The number of likely N-dealkylation sites (tertiary alicyclic amines) is 1. The molecule has 6 N–H and O–H groups in total. The van der Waals surface area contributed by atoms with E-state index in [4.69, 9.17) is 0 Å². The second-order valence-corrected chi connectivity index (χ2v) is 22.3. The normalized spacial score (nSPS) is 21.0. The highest BCUT2D eigenvalue weighted by molar-refractivity contribution is 5.95. The number of aromatic amines is 1. The van der Waals surface area contributed by atoms with E-state index in [1.54, 1.807) is 23.8 Å². The van der Waals surface area contributed by atoms with Gasteiger partial charge in [0.2, 0.25) is 35.4 Å². The van der Waals surface area contributed by atoms with Crippen molar-refractivity contribution >= 4 is 35.4 Å². The van der Waals surface area contributed by atoms with Gasteiger partial charge in [0, 0.05) is 37.8 Å². The minimum absolute atomic E-state index is 0.0973. The van der Waals surface area contributed by atoms with Crippen LogP contribution in [0.4, 0.5) is 0 Å². The number of benzene rings is 3. The Balaban J connectivity index is 1.23. The van der Waals surface area contributed by atoms with Crippen molar-refractivity contribution in [3.05, 3.63) is 112 Å². The molecule has 386 valence electrons. The fourth-order valence-electron chi connectivity index (χ4n) is 10.2. The average molecular weight is 986 g/mol. The molecule has 4 aromatic rings. The number of hydrogen-bond donors (Lipinski definition) is 6. The highest BCUT2D eigenvalue weighted by Crippen LogP contribution is 2.38. The van der Waals surface area contributed by atoms with Crippen molar-refractivity contribution in [3.63, 3.8) is 0 Å². The number of tetrazole rings is 1. The third kappa shape index (κ3) is 12.2. The van der Waals surface area contributed by atoms with Crippen LogP contribution < -0.4 is 26.6 Å². The first-order valence-corrected chi connectivity index (χ1v) is 25.6. The van der Waals surface area contributed by atoms with E-state index in [9.17, 15) is 19.2 Å². The van der Waals surface area contributed by atoms with Crippen LogP contribution in [0.3, 0.4) is 0 Å². The van der Waals surface area contributed by atoms with Crippen molar-refractivity contribution in [2.45, 2.75) is 162 Å². The maximum Gasteiger partial charge on any atom is 0.246 e. The van der Waals surface area contributed by atoms with Crippen molar-refractivity contribution in [2.75, 3.05) is 13.6 Å². The number of nitrogens with zero attached hydrogens (tertiary/aromatic N) is 5. The van der Waals surface area contributed by atoms with Crippen LogP contribution in [0.1, 0.15) is 145 Å². The lowest BCUT2D eigenvalue weighted by molar-refractivity contribution is -0.147. The van der Waals surface area contributed by atoms with Crippen LogP contribution in [-0.4, -0.2) is 110 Å². The number of aromatic nitrogens is 4. The number of rotatable bonds is 16. The molecule has 72 heavy (non-hydrogen) atoms. The average Bonchev–Trinajstić information content (AvgIpc) is 4.07. The number of likely N-dealkylation sites (N-methyl/N-ethyl adjacent to an activating group) is 1. The van der Waals surface area contributed by atoms with Gasteiger partial charge in [0.05, 0.1) is 18.1 Å². The summed E-state index contributed by atoms with van der Waals surface area (Å²) in [5.74, 6) is -2.33. The van der Waals surface area contributed by atoms with Crippen LogP contribution in [0.25, 0.3) is 0 Å². The number of H-pyrrole nitrogens is 1. The predicted molar refractivity (Wildman–Crippen MR) is 274 cm³/mol. The number of fused-ring (bicyclic) bond motifs is 2. The van der Waals surface area contributed by atoms with Crippen LogP contribution in [0.5, 0.6) is 0 Å². The van der Waals surface area contributed by atoms with Gasteiger partial charge >= 0.3 is 0 Å². The van der Waals surface area contributed by atoms with Gasteiger partial charge < -0.3 is 36.4 Å². The van der Waals surface area contributed by atoms with E-state index in [1.807, 2.05) is 116 Å². The van der Waals surface area contributed by atoms with Gasteiger partial charge in [-0.3, -0.25) is 28.8 Å². The Labute approximate surface area is 424 Å². The summed E-state index contributed by atoms with van der Waals surface area (Å²) in [4.78, 5) is 89.8. The van der Waals surface area contributed by atoms with Crippen LogP contribution >= 0.6 is 0 Å². The largest absolute Gasteiger partial charge is 0.347 e. The summed E-state index contributed by atoms with van der Waals surface area (Å²) in [6.07, 6.45) is 4.11.